The van der Waals surface area contributed by atoms with E-state index in [1.165, 1.54) is 21.0 Å². The van der Waals surface area contributed by atoms with Gasteiger partial charge in [0, 0.05) is 13.0 Å². The van der Waals surface area contributed by atoms with Crippen LogP contribution in [0.4, 0.5) is 0 Å². The molecule has 0 fully saturated rings. The zero-order valence-electron chi connectivity index (χ0n) is 10.4. The number of methoxy groups -OCH3 is 1. The molecular weight excluding hydrogens is 248 g/mol. The molecule has 0 aromatic heterocycles. The predicted molar refractivity (Wildman–Crippen MR) is 64.1 cm³/mol. The molecule has 0 rings (SSSR count). The summed E-state index contributed by atoms with van der Waals surface area (Å²) in [6.07, 6.45) is -0.0289. The summed E-state index contributed by atoms with van der Waals surface area (Å²) >= 11 is 0. The summed E-state index contributed by atoms with van der Waals surface area (Å²) in [5.74, 6) is -2.03. The van der Waals surface area contributed by atoms with Crippen LogP contribution in [-0.2, 0) is 4.74 Å². The largest absolute Gasteiger partial charge is 0.832 e. The maximum atomic E-state index is 11.9. The Labute approximate surface area is 101 Å². The third-order valence-electron chi connectivity index (χ3n) is 2.24. The molecule has 0 unspecified atom stereocenters. The van der Waals surface area contributed by atoms with Crippen molar-refractivity contribution in [3.63, 3.8) is 0 Å². The highest BCUT2D eigenvalue weighted by Gasteiger charge is 2.31. The summed E-state index contributed by atoms with van der Waals surface area (Å²) in [4.78, 5) is 0. The van der Waals surface area contributed by atoms with E-state index in [1.54, 1.807) is 0 Å². The molecule has 0 aliphatic rings. The zero-order valence-corrected chi connectivity index (χ0v) is 11.2. The number of sulfonamides is 6. The molecule has 7 nitrogen and oxygen atoms in total. The van der Waals surface area contributed by atoms with Gasteiger partial charge in [0.25, 0.3) is 0 Å². The zero-order chi connectivity index (χ0) is 14.0. The molecule has 0 aromatic rings. The van der Waals surface area contributed by atoms with E-state index in [-0.39, 0.29) is 12.3 Å². The van der Waals surface area contributed by atoms with Gasteiger partial charge in [0.1, 0.15) is 0 Å². The number of hydrogen-bond donors (Lipinski definition) is 3. The molecule has 0 aromatic carbocycles. The van der Waals surface area contributed by atoms with E-state index in [0.717, 1.165) is 0 Å². The second-order valence-electron chi connectivity index (χ2n) is 5.28. The fraction of sp³-hybridized carbons (Fsp3) is 0.889. The molecule has 4 N–H and O–H groups in total. The number of hydrogen-bond acceptors (Lipinski definition) is 7. The molecule has 0 saturated heterocycles. The Morgan fingerprint density at radius 1 is 1.41 bits per heavy atom. The first-order chi connectivity index (χ1) is 7.23. The highest BCUT2D eigenvalue weighted by molar-refractivity contribution is 8.50. The first kappa shape index (κ1) is 16.6. The molecule has 106 valence electrons. The lowest BCUT2D eigenvalue weighted by atomic mass is 9.92. The highest BCUT2D eigenvalue weighted by Crippen LogP contribution is 2.73. The van der Waals surface area contributed by atoms with E-state index in [4.69, 9.17) is 15.7 Å². The van der Waals surface area contributed by atoms with Gasteiger partial charge in [0.15, 0.2) is 5.90 Å². The van der Waals surface area contributed by atoms with Crippen molar-refractivity contribution in [1.82, 2.24) is 0 Å². The SMILES string of the molecule is COC(=N)CC(C)(C)CS(N)([O-])([O-])([O-])CCO. The van der Waals surface area contributed by atoms with Gasteiger partial charge in [0.05, 0.1) is 7.11 Å². The number of primary sulfonamides is 6. The van der Waals surface area contributed by atoms with E-state index in [9.17, 15) is 13.7 Å². The topological polar surface area (TPSA) is 149 Å². The average Bonchev–Trinajstić information content (AvgIpc) is 1.97. The third kappa shape index (κ3) is 6.81. The molecule has 0 bridgehead atoms. The normalized spacial score (nSPS) is 17.2. The Morgan fingerprint density at radius 3 is 2.24 bits per heavy atom. The van der Waals surface area contributed by atoms with E-state index in [2.05, 4.69) is 4.74 Å². The number of nitrogens with one attached hydrogen (secondary N) is 1. The number of aliphatic hydroxyl groups excluding tert-OH is 1. The van der Waals surface area contributed by atoms with Crippen LogP contribution in [0.1, 0.15) is 20.3 Å². The van der Waals surface area contributed by atoms with Gasteiger partial charge in [-0.3, -0.25) is 5.41 Å². The molecule has 0 amide bonds. The van der Waals surface area contributed by atoms with Crippen LogP contribution in [0.3, 0.4) is 0 Å². The Hall–Kier alpha value is -0.380. The summed E-state index contributed by atoms with van der Waals surface area (Å²) < 4.78 is 40.2. The fourth-order valence-corrected chi connectivity index (χ4v) is 4.50. The van der Waals surface area contributed by atoms with Crippen LogP contribution in [0.15, 0.2) is 0 Å². The average molecular weight is 269 g/mol. The van der Waals surface area contributed by atoms with Crippen molar-refractivity contribution in [3.8, 4) is 0 Å². The summed E-state index contributed by atoms with van der Waals surface area (Å²) in [7, 11) is -5.19. The number of sulfone groups is 3. The van der Waals surface area contributed by atoms with E-state index < -0.39 is 32.9 Å². The van der Waals surface area contributed by atoms with Gasteiger partial charge in [-0.15, -0.1) is 0 Å². The quantitative estimate of drug-likeness (QED) is 0.462. The van der Waals surface area contributed by atoms with Crippen molar-refractivity contribution in [3.05, 3.63) is 0 Å². The second-order valence-corrected chi connectivity index (χ2v) is 9.45. The van der Waals surface area contributed by atoms with E-state index in [1.807, 2.05) is 0 Å². The lowest BCUT2D eigenvalue weighted by Gasteiger charge is -3.00. The maximum absolute atomic E-state index is 11.9. The molecule has 0 atom stereocenters. The van der Waals surface area contributed by atoms with Gasteiger partial charge in [-0.1, -0.05) is 19.6 Å². The Kier molecular flexibility index (Phi) is 3.98. The lowest BCUT2D eigenvalue weighted by Crippen LogP contribution is -2.54. The molecule has 17 heavy (non-hydrogen) atoms. The van der Waals surface area contributed by atoms with Crippen LogP contribution in [0.2, 0.25) is 0 Å². The standard InChI is InChI=1S/C9H24N2O5S/c1-9(2,6-8(10)16-3)7-17(11,13,14,15)5-4-12/h10,12-15H,4-7,11H2,1-3H3/p-3. The molecule has 0 spiro atoms. The van der Waals surface area contributed by atoms with Crippen molar-refractivity contribution in [2.24, 2.45) is 10.6 Å². The van der Waals surface area contributed by atoms with Crippen LogP contribution in [0, 0.1) is 10.8 Å². The minimum atomic E-state index is -6.48. The van der Waals surface area contributed by atoms with Gasteiger partial charge in [-0.25, -0.2) is 0 Å². The number of nitrogens with two attached hydrogens (primary N) is 1. The van der Waals surface area contributed by atoms with Gasteiger partial charge in [-0.2, -0.15) is 0 Å². The lowest BCUT2D eigenvalue weighted by molar-refractivity contribution is 0.224. The minimum Gasteiger partial charge on any atom is -0.832 e. The van der Waals surface area contributed by atoms with Crippen LogP contribution in [0.5, 0.6) is 0 Å². The molecule has 0 aliphatic heterocycles. The van der Waals surface area contributed by atoms with Gasteiger partial charge >= 0.3 is 0 Å². The van der Waals surface area contributed by atoms with Crippen LogP contribution in [0.25, 0.3) is 0 Å². The number of ether oxygens (including phenoxy) is 1. The van der Waals surface area contributed by atoms with Crippen molar-refractivity contribution in [2.45, 2.75) is 20.3 Å². The van der Waals surface area contributed by atoms with Crippen molar-refractivity contribution < 1.29 is 23.5 Å². The summed E-state index contributed by atoms with van der Waals surface area (Å²) in [5.41, 5.74) is -1.04. The smallest absolute Gasteiger partial charge is 0.180 e. The predicted octanol–water partition coefficient (Wildman–Crippen LogP) is 0.160. The summed E-state index contributed by atoms with van der Waals surface area (Å²) in [6.45, 7) is 2.17. The number of rotatable bonds is 6. The van der Waals surface area contributed by atoms with Crippen LogP contribution < -0.4 is 5.14 Å². The molecule has 0 radical (unpaired) electrons. The molecule has 0 aliphatic carbocycles. The first-order valence-electron chi connectivity index (χ1n) is 5.05. The minimum absolute atomic E-state index is 0.0289. The summed E-state index contributed by atoms with van der Waals surface area (Å²) in [6, 6.07) is 0. The van der Waals surface area contributed by atoms with E-state index in [0.29, 0.717) is 0 Å². The van der Waals surface area contributed by atoms with Crippen molar-refractivity contribution in [2.75, 3.05) is 25.2 Å². The number of aliphatic hydroxyl groups is 1. The first-order valence-corrected chi connectivity index (χ1v) is 7.68. The van der Waals surface area contributed by atoms with E-state index >= 15 is 0 Å². The molecule has 8 heteroatoms. The Bertz CT molecular complexity index is 308. The van der Waals surface area contributed by atoms with Gasteiger partial charge < -0.3 is 38.0 Å². The molecule has 0 saturated carbocycles. The molecular formula is C9H21N2O5S-3. The Balaban J connectivity index is 4.98. The highest BCUT2D eigenvalue weighted by atomic mass is 32.4. The van der Waals surface area contributed by atoms with Gasteiger partial charge in [0.2, 0.25) is 0 Å². The van der Waals surface area contributed by atoms with Crippen molar-refractivity contribution in [1.29, 1.82) is 5.41 Å². The molecule has 0 heterocycles. The Morgan fingerprint density at radius 2 is 1.88 bits per heavy atom. The van der Waals surface area contributed by atoms with Crippen LogP contribution in [-0.4, -0.2) is 49.9 Å². The fourth-order valence-electron chi connectivity index (χ4n) is 1.84. The van der Waals surface area contributed by atoms with Crippen molar-refractivity contribution >= 4 is 15.2 Å². The maximum Gasteiger partial charge on any atom is 0.180 e. The second kappa shape index (κ2) is 4.08. The summed E-state index contributed by atoms with van der Waals surface area (Å²) in [5, 5.41) is 21.0. The monoisotopic (exact) mass is 269 g/mol. The van der Waals surface area contributed by atoms with Crippen LogP contribution >= 0.6 is 9.32 Å². The third-order valence-corrected chi connectivity index (χ3v) is 4.95. The van der Waals surface area contributed by atoms with Gasteiger partial charge in [-0.05, 0) is 11.2 Å².